The Hall–Kier alpha value is -7.56. The van der Waals surface area contributed by atoms with Crippen molar-refractivity contribution in [2.45, 2.75) is 19.4 Å². The Morgan fingerprint density at radius 3 is 1.07 bits per heavy atom. The third kappa shape index (κ3) is 5.16. The number of anilines is 2. The molecule has 0 radical (unpaired) electrons. The summed E-state index contributed by atoms with van der Waals surface area (Å²) in [5.41, 5.74) is 14.5. The van der Waals surface area contributed by atoms with Crippen molar-refractivity contribution in [3.8, 4) is 11.4 Å². The van der Waals surface area contributed by atoms with Crippen LogP contribution in [0.25, 0.3) is 76.8 Å². The number of para-hydroxylation sites is 6. The van der Waals surface area contributed by atoms with E-state index in [1.165, 1.54) is 76.7 Å². The second-order valence-corrected chi connectivity index (χ2v) is 15.8. The van der Waals surface area contributed by atoms with Gasteiger partial charge >= 0.3 is 0 Å². The molecule has 280 valence electrons. The zero-order valence-electron chi connectivity index (χ0n) is 32.7. The van der Waals surface area contributed by atoms with Crippen LogP contribution in [0.15, 0.2) is 218 Å². The van der Waals surface area contributed by atoms with Crippen molar-refractivity contribution in [2.24, 2.45) is 0 Å². The highest BCUT2D eigenvalue weighted by Crippen LogP contribution is 2.42. The monoisotopic (exact) mass is 756 g/mol. The maximum absolute atomic E-state index is 2.53. The Balaban J connectivity index is 0.985. The molecule has 8 aromatic carbocycles. The van der Waals surface area contributed by atoms with Crippen LogP contribution in [0.4, 0.5) is 11.4 Å². The first-order chi connectivity index (χ1) is 29.2. The predicted molar refractivity (Wildman–Crippen MR) is 249 cm³/mol. The molecule has 12 rings (SSSR count). The fourth-order valence-corrected chi connectivity index (χ4v) is 9.91. The molecule has 0 aliphatic heterocycles. The summed E-state index contributed by atoms with van der Waals surface area (Å²) < 4.78 is 7.31. The molecule has 1 unspecified atom stereocenters. The Kier molecular flexibility index (Phi) is 7.54. The molecular formula is C55H40N4. The number of aromatic nitrogens is 3. The molecule has 0 bridgehead atoms. The number of fused-ring (bicyclic) bond motifs is 9. The van der Waals surface area contributed by atoms with Crippen LogP contribution in [0.3, 0.4) is 0 Å². The normalized spacial score (nSPS) is 14.5. The molecule has 3 aromatic heterocycles. The lowest BCUT2D eigenvalue weighted by Crippen LogP contribution is -2.21. The number of hydrogen-bond acceptors (Lipinski definition) is 1. The smallest absolute Gasteiger partial charge is 0.0564 e. The van der Waals surface area contributed by atoms with E-state index >= 15 is 0 Å². The van der Waals surface area contributed by atoms with E-state index in [0.29, 0.717) is 0 Å². The lowest BCUT2D eigenvalue weighted by molar-refractivity contribution is 0.623. The number of hydrogen-bond donors (Lipinski definition) is 0. The van der Waals surface area contributed by atoms with Gasteiger partial charge in [-0.05, 0) is 110 Å². The van der Waals surface area contributed by atoms with Gasteiger partial charge in [-0.15, -0.1) is 0 Å². The van der Waals surface area contributed by atoms with Gasteiger partial charge in [0.15, 0.2) is 0 Å². The van der Waals surface area contributed by atoms with Gasteiger partial charge in [-0.25, -0.2) is 0 Å². The quantitative estimate of drug-likeness (QED) is 0.165. The molecule has 4 nitrogen and oxygen atoms in total. The van der Waals surface area contributed by atoms with Crippen molar-refractivity contribution < 1.29 is 0 Å². The van der Waals surface area contributed by atoms with Gasteiger partial charge in [0.25, 0.3) is 0 Å². The zero-order valence-corrected chi connectivity index (χ0v) is 32.7. The second kappa shape index (κ2) is 13.3. The minimum atomic E-state index is 0.195. The van der Waals surface area contributed by atoms with Gasteiger partial charge in [-0.3, -0.25) is 0 Å². The molecule has 0 saturated heterocycles. The van der Waals surface area contributed by atoms with E-state index in [-0.39, 0.29) is 6.04 Å². The van der Waals surface area contributed by atoms with Gasteiger partial charge < -0.3 is 18.6 Å². The molecule has 11 aromatic rings. The van der Waals surface area contributed by atoms with Crippen LogP contribution in [-0.4, -0.2) is 13.7 Å². The number of benzene rings is 8. The average Bonchev–Trinajstić information content (AvgIpc) is 3.94. The maximum Gasteiger partial charge on any atom is 0.0564 e. The van der Waals surface area contributed by atoms with Gasteiger partial charge in [0.2, 0.25) is 0 Å². The Morgan fingerprint density at radius 2 is 0.712 bits per heavy atom. The van der Waals surface area contributed by atoms with Crippen molar-refractivity contribution in [1.29, 1.82) is 0 Å². The highest BCUT2D eigenvalue weighted by Gasteiger charge is 2.25. The van der Waals surface area contributed by atoms with Gasteiger partial charge in [0, 0.05) is 71.8 Å². The van der Waals surface area contributed by atoms with Crippen molar-refractivity contribution in [3.05, 3.63) is 218 Å². The summed E-state index contributed by atoms with van der Waals surface area (Å²) in [7, 11) is 0. The van der Waals surface area contributed by atoms with Gasteiger partial charge in [0.05, 0.1) is 28.1 Å². The molecule has 1 atom stereocenters. The Bertz CT molecular complexity index is 3160. The first-order valence-corrected chi connectivity index (χ1v) is 20.5. The molecule has 0 fully saturated rings. The summed E-state index contributed by atoms with van der Waals surface area (Å²) in [5, 5.41) is 7.67. The topological polar surface area (TPSA) is 18.0 Å². The molecule has 0 amide bonds. The van der Waals surface area contributed by atoms with Gasteiger partial charge in [-0.2, -0.15) is 0 Å². The van der Waals surface area contributed by atoms with Crippen LogP contribution in [-0.2, 0) is 0 Å². The summed E-state index contributed by atoms with van der Waals surface area (Å²) >= 11 is 0. The van der Waals surface area contributed by atoms with E-state index in [4.69, 9.17) is 0 Å². The average molecular weight is 757 g/mol. The van der Waals surface area contributed by atoms with E-state index in [9.17, 15) is 0 Å². The predicted octanol–water partition coefficient (Wildman–Crippen LogP) is 14.6. The van der Waals surface area contributed by atoms with Crippen LogP contribution in [0.1, 0.15) is 19.4 Å². The minimum Gasteiger partial charge on any atom is -0.333 e. The van der Waals surface area contributed by atoms with E-state index in [1.807, 2.05) is 0 Å². The number of rotatable bonds is 6. The SMILES string of the molecule is CC1=C(N(c2ccc(-n3c4ccccc4c4ccccc43)cc2)c2ccc(-n3c4ccccc4c4ccccc43)cc2)C=CC(n2c3ccccc3c3ccccc32)C1. The van der Waals surface area contributed by atoms with Crippen LogP contribution < -0.4 is 4.90 Å². The summed E-state index contributed by atoms with van der Waals surface area (Å²) in [6.07, 6.45) is 5.67. The lowest BCUT2D eigenvalue weighted by atomic mass is 9.97. The first-order valence-electron chi connectivity index (χ1n) is 20.5. The number of allylic oxidation sites excluding steroid dienone is 3. The van der Waals surface area contributed by atoms with Crippen LogP contribution >= 0.6 is 0 Å². The Labute approximate surface area is 342 Å². The third-order valence-electron chi connectivity index (χ3n) is 12.5. The van der Waals surface area contributed by atoms with Crippen LogP contribution in [0.5, 0.6) is 0 Å². The fraction of sp³-hybridized carbons (Fsp3) is 0.0545. The molecule has 1 aliphatic rings. The van der Waals surface area contributed by atoms with Crippen molar-refractivity contribution in [2.75, 3.05) is 4.90 Å². The highest BCUT2D eigenvalue weighted by atomic mass is 15.2. The van der Waals surface area contributed by atoms with Crippen LogP contribution in [0.2, 0.25) is 0 Å². The zero-order chi connectivity index (χ0) is 39.0. The molecule has 59 heavy (non-hydrogen) atoms. The van der Waals surface area contributed by atoms with E-state index in [2.05, 4.69) is 232 Å². The van der Waals surface area contributed by atoms with Crippen molar-refractivity contribution >= 4 is 76.8 Å². The molecule has 0 spiro atoms. The van der Waals surface area contributed by atoms with E-state index < -0.39 is 0 Å². The minimum absolute atomic E-state index is 0.195. The van der Waals surface area contributed by atoms with E-state index in [0.717, 1.165) is 29.2 Å². The van der Waals surface area contributed by atoms with Crippen molar-refractivity contribution in [3.63, 3.8) is 0 Å². The highest BCUT2D eigenvalue weighted by molar-refractivity contribution is 6.11. The molecule has 0 saturated carbocycles. The number of nitrogens with zero attached hydrogens (tertiary/aromatic N) is 4. The molecular weight excluding hydrogens is 717 g/mol. The maximum atomic E-state index is 2.53. The van der Waals surface area contributed by atoms with Gasteiger partial charge in [0.1, 0.15) is 0 Å². The fourth-order valence-electron chi connectivity index (χ4n) is 9.91. The lowest BCUT2D eigenvalue weighted by Gasteiger charge is -2.32. The standard InChI is InChI=1S/C55H40N4/c1-37-36-42(59-54-24-12-6-18-47(54)48-19-7-13-25-55(48)59)34-35-49(37)56(38-26-30-40(31-27-38)57-50-20-8-2-14-43(50)44-15-3-9-21-51(44)57)39-28-32-41(33-29-39)58-52-22-10-4-16-45(52)46-17-5-11-23-53(46)58/h2-35,42H,36H2,1H3. The molecule has 3 heterocycles. The van der Waals surface area contributed by atoms with Crippen molar-refractivity contribution in [1.82, 2.24) is 13.7 Å². The molecule has 4 heteroatoms. The van der Waals surface area contributed by atoms with E-state index in [1.54, 1.807) is 0 Å². The van der Waals surface area contributed by atoms with Crippen LogP contribution in [0, 0.1) is 0 Å². The Morgan fingerprint density at radius 1 is 0.390 bits per heavy atom. The first kappa shape index (κ1) is 33.6. The second-order valence-electron chi connectivity index (χ2n) is 15.8. The summed E-state index contributed by atoms with van der Waals surface area (Å²) in [6, 6.07) is 70.9. The summed E-state index contributed by atoms with van der Waals surface area (Å²) in [6.45, 7) is 2.31. The summed E-state index contributed by atoms with van der Waals surface area (Å²) in [4.78, 5) is 2.44. The molecule has 0 N–H and O–H groups in total. The molecule has 1 aliphatic carbocycles. The largest absolute Gasteiger partial charge is 0.333 e. The summed E-state index contributed by atoms with van der Waals surface area (Å²) in [5.74, 6) is 0. The van der Waals surface area contributed by atoms with Gasteiger partial charge in [-0.1, -0.05) is 115 Å². The third-order valence-corrected chi connectivity index (χ3v) is 12.5.